The number of likely N-dealkylation sites (tertiary alicyclic amines) is 1. The van der Waals surface area contributed by atoms with Gasteiger partial charge in [-0.15, -0.1) is 11.3 Å². The van der Waals surface area contributed by atoms with Crippen LogP contribution in [0.4, 0.5) is 5.82 Å². The zero-order valence-corrected chi connectivity index (χ0v) is 21.9. The largest absolute Gasteiger partial charge is 0.454 e. The van der Waals surface area contributed by atoms with Gasteiger partial charge in [0, 0.05) is 37.6 Å². The van der Waals surface area contributed by atoms with Gasteiger partial charge in [0.15, 0.2) is 11.5 Å². The van der Waals surface area contributed by atoms with Crippen LogP contribution in [0.3, 0.4) is 0 Å². The first-order chi connectivity index (χ1) is 17.0. The first kappa shape index (κ1) is 23.0. The van der Waals surface area contributed by atoms with Crippen LogP contribution in [0, 0.1) is 19.8 Å². The SMILES string of the molecule is Cc1sc2nc(CN3CCC(C)CC3)nc(N3CCN(Cc4ccc5c(c4)OCO5)CC3)c2c1C. The van der Waals surface area contributed by atoms with Gasteiger partial charge in [-0.1, -0.05) is 13.0 Å². The third-order valence-corrected chi connectivity index (χ3v) is 8.91. The summed E-state index contributed by atoms with van der Waals surface area (Å²) in [5, 5.41) is 1.26. The summed E-state index contributed by atoms with van der Waals surface area (Å²) in [7, 11) is 0. The van der Waals surface area contributed by atoms with Crippen molar-refractivity contribution >= 4 is 27.4 Å². The predicted molar refractivity (Wildman–Crippen MR) is 141 cm³/mol. The molecule has 3 aromatic rings. The standard InChI is InChI=1S/C27H35N5O2S/c1-18-6-8-30(9-7-18)16-24-28-26(25-19(2)20(3)35-27(25)29-24)32-12-10-31(11-13-32)15-21-4-5-22-23(14-21)34-17-33-22/h4-5,14,18H,6-13,15-17H2,1-3H3. The van der Waals surface area contributed by atoms with E-state index in [9.17, 15) is 0 Å². The molecule has 0 aliphatic carbocycles. The molecular formula is C27H35N5O2S. The number of anilines is 1. The molecule has 0 spiro atoms. The first-order valence-electron chi connectivity index (χ1n) is 12.9. The van der Waals surface area contributed by atoms with Gasteiger partial charge in [-0.2, -0.15) is 0 Å². The number of ether oxygens (including phenoxy) is 2. The Labute approximate surface area is 211 Å². The Morgan fingerprint density at radius 3 is 2.46 bits per heavy atom. The van der Waals surface area contributed by atoms with Crippen LogP contribution in [0.25, 0.3) is 10.2 Å². The monoisotopic (exact) mass is 493 g/mol. The van der Waals surface area contributed by atoms with Crippen LogP contribution in [0.15, 0.2) is 18.2 Å². The number of piperidine rings is 1. The molecule has 0 bridgehead atoms. The molecule has 186 valence electrons. The quantitative estimate of drug-likeness (QED) is 0.515. The van der Waals surface area contributed by atoms with E-state index in [0.29, 0.717) is 6.79 Å². The fourth-order valence-corrected chi connectivity index (χ4v) is 6.45. The number of benzene rings is 1. The normalized spacial score (nSPS) is 19.7. The van der Waals surface area contributed by atoms with Crippen molar-refractivity contribution in [2.45, 2.75) is 46.7 Å². The Balaban J connectivity index is 1.18. The molecule has 1 aromatic carbocycles. The van der Waals surface area contributed by atoms with Crippen LogP contribution in [-0.4, -0.2) is 65.8 Å². The second-order valence-corrected chi connectivity index (χ2v) is 11.5. The highest BCUT2D eigenvalue weighted by molar-refractivity contribution is 7.18. The number of aryl methyl sites for hydroxylation is 2. The number of rotatable bonds is 5. The average Bonchev–Trinajstić information content (AvgIpc) is 3.44. The number of aromatic nitrogens is 2. The van der Waals surface area contributed by atoms with E-state index < -0.39 is 0 Å². The van der Waals surface area contributed by atoms with Crippen molar-refractivity contribution in [3.8, 4) is 11.5 Å². The highest BCUT2D eigenvalue weighted by atomic mass is 32.1. The summed E-state index contributed by atoms with van der Waals surface area (Å²) in [6.45, 7) is 15.2. The average molecular weight is 494 g/mol. The maximum absolute atomic E-state index is 5.56. The van der Waals surface area contributed by atoms with Gasteiger partial charge >= 0.3 is 0 Å². The zero-order chi connectivity index (χ0) is 23.9. The summed E-state index contributed by atoms with van der Waals surface area (Å²) in [6.07, 6.45) is 2.55. The number of fused-ring (bicyclic) bond motifs is 2. The maximum atomic E-state index is 5.56. The summed E-state index contributed by atoms with van der Waals surface area (Å²) in [5.41, 5.74) is 2.61. The van der Waals surface area contributed by atoms with E-state index >= 15 is 0 Å². The second kappa shape index (κ2) is 9.56. The van der Waals surface area contributed by atoms with E-state index in [1.165, 1.54) is 34.2 Å². The van der Waals surface area contributed by atoms with Gasteiger partial charge in [0.2, 0.25) is 6.79 Å². The summed E-state index contributed by atoms with van der Waals surface area (Å²) in [6, 6.07) is 6.30. The van der Waals surface area contributed by atoms with Gasteiger partial charge in [-0.3, -0.25) is 9.80 Å². The molecule has 2 fully saturated rings. The highest BCUT2D eigenvalue weighted by Crippen LogP contribution is 2.36. The van der Waals surface area contributed by atoms with Crippen molar-refractivity contribution in [3.05, 3.63) is 40.0 Å². The van der Waals surface area contributed by atoms with Crippen molar-refractivity contribution in [3.63, 3.8) is 0 Å². The number of piperazine rings is 1. The Hall–Kier alpha value is -2.42. The van der Waals surface area contributed by atoms with Gasteiger partial charge < -0.3 is 14.4 Å². The molecule has 0 N–H and O–H groups in total. The molecule has 2 saturated heterocycles. The third kappa shape index (κ3) is 4.71. The molecule has 3 aliphatic heterocycles. The summed E-state index contributed by atoms with van der Waals surface area (Å²) < 4.78 is 11.0. The number of hydrogen-bond acceptors (Lipinski definition) is 8. The lowest BCUT2D eigenvalue weighted by atomic mass is 9.99. The minimum Gasteiger partial charge on any atom is -0.454 e. The van der Waals surface area contributed by atoms with Crippen LogP contribution in [0.5, 0.6) is 11.5 Å². The highest BCUT2D eigenvalue weighted by Gasteiger charge is 2.25. The summed E-state index contributed by atoms with van der Waals surface area (Å²) in [4.78, 5) is 20.3. The van der Waals surface area contributed by atoms with Crippen molar-refractivity contribution in [2.24, 2.45) is 5.92 Å². The minimum absolute atomic E-state index is 0.325. The summed E-state index contributed by atoms with van der Waals surface area (Å²) in [5.74, 6) is 4.67. The van der Waals surface area contributed by atoms with E-state index in [-0.39, 0.29) is 0 Å². The molecule has 0 saturated carbocycles. The third-order valence-electron chi connectivity index (χ3n) is 7.81. The predicted octanol–water partition coefficient (Wildman–Crippen LogP) is 4.59. The van der Waals surface area contributed by atoms with Crippen LogP contribution in [0.1, 0.15) is 41.6 Å². The van der Waals surface area contributed by atoms with Crippen molar-refractivity contribution in [1.29, 1.82) is 0 Å². The Morgan fingerprint density at radius 2 is 1.66 bits per heavy atom. The lowest BCUT2D eigenvalue weighted by molar-refractivity contribution is 0.174. The van der Waals surface area contributed by atoms with Crippen LogP contribution >= 0.6 is 11.3 Å². The zero-order valence-electron chi connectivity index (χ0n) is 21.0. The summed E-state index contributed by atoms with van der Waals surface area (Å²) >= 11 is 1.82. The van der Waals surface area contributed by atoms with E-state index in [1.54, 1.807) is 0 Å². The maximum Gasteiger partial charge on any atom is 0.231 e. The van der Waals surface area contributed by atoms with Crippen molar-refractivity contribution in [2.75, 3.05) is 51.0 Å². The van der Waals surface area contributed by atoms with Crippen molar-refractivity contribution < 1.29 is 9.47 Å². The Bertz CT molecular complexity index is 1210. The van der Waals surface area contributed by atoms with Gasteiger partial charge in [0.25, 0.3) is 0 Å². The topological polar surface area (TPSA) is 54.0 Å². The van der Waals surface area contributed by atoms with E-state index in [1.807, 2.05) is 17.4 Å². The molecule has 0 amide bonds. The molecule has 0 unspecified atom stereocenters. The lowest BCUT2D eigenvalue weighted by Gasteiger charge is -2.36. The van der Waals surface area contributed by atoms with Crippen LogP contribution < -0.4 is 14.4 Å². The molecule has 6 rings (SSSR count). The van der Waals surface area contributed by atoms with Gasteiger partial charge in [0.1, 0.15) is 16.5 Å². The lowest BCUT2D eigenvalue weighted by Crippen LogP contribution is -2.46. The van der Waals surface area contributed by atoms with E-state index in [2.05, 4.69) is 47.6 Å². The van der Waals surface area contributed by atoms with Crippen LogP contribution in [0.2, 0.25) is 0 Å². The Kier molecular flexibility index (Phi) is 6.28. The Morgan fingerprint density at radius 1 is 0.914 bits per heavy atom. The van der Waals surface area contributed by atoms with Crippen LogP contribution in [-0.2, 0) is 13.1 Å². The van der Waals surface area contributed by atoms with E-state index in [0.717, 1.165) is 86.2 Å². The number of nitrogens with zero attached hydrogens (tertiary/aromatic N) is 5. The van der Waals surface area contributed by atoms with Crippen molar-refractivity contribution in [1.82, 2.24) is 19.8 Å². The fraction of sp³-hybridized carbons (Fsp3) is 0.556. The first-order valence-corrected chi connectivity index (χ1v) is 13.7. The molecule has 0 atom stereocenters. The van der Waals surface area contributed by atoms with Gasteiger partial charge in [-0.25, -0.2) is 9.97 Å². The number of thiophene rings is 1. The number of hydrogen-bond donors (Lipinski definition) is 0. The minimum atomic E-state index is 0.325. The molecule has 0 radical (unpaired) electrons. The van der Waals surface area contributed by atoms with E-state index in [4.69, 9.17) is 19.4 Å². The fourth-order valence-electron chi connectivity index (χ4n) is 5.41. The van der Waals surface area contributed by atoms with Gasteiger partial charge in [0.05, 0.1) is 11.9 Å². The van der Waals surface area contributed by atoms with Gasteiger partial charge in [-0.05, 0) is 69.0 Å². The molecule has 3 aliphatic rings. The second-order valence-electron chi connectivity index (χ2n) is 10.3. The molecule has 2 aromatic heterocycles. The molecule has 35 heavy (non-hydrogen) atoms. The molecule has 8 heteroatoms. The molecule has 5 heterocycles. The molecule has 7 nitrogen and oxygen atoms in total. The smallest absolute Gasteiger partial charge is 0.231 e. The molecular weight excluding hydrogens is 458 g/mol.